The SMILES string of the molecule is COCC(NC(=O)c1ccc2c(c1)N=S=N2)C(=O)O. The van der Waals surface area contributed by atoms with Gasteiger partial charge in [-0.1, -0.05) is 0 Å². The molecular weight excluding hydrogens is 270 g/mol. The second-order valence-corrected chi connectivity index (χ2v) is 4.32. The Morgan fingerprint density at radius 3 is 2.84 bits per heavy atom. The molecule has 1 atom stereocenters. The lowest BCUT2D eigenvalue weighted by Crippen LogP contribution is -2.43. The molecule has 7 nitrogen and oxygen atoms in total. The number of rotatable bonds is 5. The zero-order chi connectivity index (χ0) is 13.8. The lowest BCUT2D eigenvalue weighted by atomic mass is 10.1. The molecule has 0 radical (unpaired) electrons. The molecule has 1 aromatic rings. The summed E-state index contributed by atoms with van der Waals surface area (Å²) in [5.74, 6) is -1.63. The van der Waals surface area contributed by atoms with Gasteiger partial charge in [-0.3, -0.25) is 4.79 Å². The molecule has 0 fully saturated rings. The Labute approximate surface area is 112 Å². The van der Waals surface area contributed by atoms with E-state index in [0.29, 0.717) is 16.9 Å². The van der Waals surface area contributed by atoms with Crippen molar-refractivity contribution in [3.63, 3.8) is 0 Å². The highest BCUT2D eigenvalue weighted by atomic mass is 32.1. The summed E-state index contributed by atoms with van der Waals surface area (Å²) in [7, 11) is 1.37. The second-order valence-electron chi connectivity index (χ2n) is 3.79. The van der Waals surface area contributed by atoms with Crippen molar-refractivity contribution in [2.45, 2.75) is 6.04 Å². The Morgan fingerprint density at radius 1 is 1.42 bits per heavy atom. The van der Waals surface area contributed by atoms with Crippen molar-refractivity contribution in [3.05, 3.63) is 23.8 Å². The first-order valence-corrected chi connectivity index (χ1v) is 6.10. The van der Waals surface area contributed by atoms with E-state index in [1.807, 2.05) is 0 Å². The monoisotopic (exact) mass is 281 g/mol. The molecule has 8 heteroatoms. The van der Waals surface area contributed by atoms with E-state index in [2.05, 4.69) is 14.0 Å². The van der Waals surface area contributed by atoms with Crippen LogP contribution in [0.4, 0.5) is 11.4 Å². The molecule has 1 unspecified atom stereocenters. The topological polar surface area (TPSA) is 100 Å². The zero-order valence-corrected chi connectivity index (χ0v) is 10.8. The minimum Gasteiger partial charge on any atom is -0.480 e. The molecule has 1 heterocycles. The Morgan fingerprint density at radius 2 is 2.16 bits per heavy atom. The number of carboxylic acid groups (broad SMARTS) is 1. The Balaban J connectivity index is 2.11. The third kappa shape index (κ3) is 3.04. The number of nitrogens with zero attached hydrogens (tertiary/aromatic N) is 2. The van der Waals surface area contributed by atoms with Gasteiger partial charge in [0.15, 0.2) is 6.04 Å². The van der Waals surface area contributed by atoms with Crippen molar-refractivity contribution in [2.75, 3.05) is 13.7 Å². The van der Waals surface area contributed by atoms with Crippen LogP contribution in [0, 0.1) is 0 Å². The van der Waals surface area contributed by atoms with Crippen LogP contribution in [-0.4, -0.2) is 36.7 Å². The molecule has 1 amide bonds. The van der Waals surface area contributed by atoms with Crippen LogP contribution in [0.25, 0.3) is 0 Å². The second kappa shape index (κ2) is 5.72. The number of ether oxygens (including phenoxy) is 1. The predicted molar refractivity (Wildman–Crippen MR) is 68.7 cm³/mol. The van der Waals surface area contributed by atoms with Gasteiger partial charge in [0.2, 0.25) is 0 Å². The van der Waals surface area contributed by atoms with Gasteiger partial charge in [-0.15, -0.1) is 0 Å². The smallest absolute Gasteiger partial charge is 0.328 e. The highest BCUT2D eigenvalue weighted by Gasteiger charge is 2.21. The maximum absolute atomic E-state index is 11.9. The van der Waals surface area contributed by atoms with Gasteiger partial charge in [0, 0.05) is 12.7 Å². The average Bonchev–Trinajstić information content (AvgIpc) is 2.85. The molecule has 0 aliphatic carbocycles. The number of nitrogens with one attached hydrogen (secondary N) is 1. The van der Waals surface area contributed by atoms with E-state index in [1.54, 1.807) is 18.2 Å². The fraction of sp³-hybridized carbons (Fsp3) is 0.273. The van der Waals surface area contributed by atoms with E-state index in [4.69, 9.17) is 9.84 Å². The first-order chi connectivity index (χ1) is 9.11. The fourth-order valence-electron chi connectivity index (χ4n) is 1.51. The largest absolute Gasteiger partial charge is 0.480 e. The van der Waals surface area contributed by atoms with E-state index >= 15 is 0 Å². The number of amides is 1. The highest BCUT2D eigenvalue weighted by molar-refractivity contribution is 7.58. The van der Waals surface area contributed by atoms with Gasteiger partial charge in [-0.25, -0.2) is 4.79 Å². The number of carbonyl (C=O) groups is 2. The van der Waals surface area contributed by atoms with Gasteiger partial charge in [0.05, 0.1) is 18.0 Å². The molecule has 1 aromatic carbocycles. The fourth-order valence-corrected chi connectivity index (χ4v) is 2.02. The number of methoxy groups -OCH3 is 1. The maximum Gasteiger partial charge on any atom is 0.328 e. The summed E-state index contributed by atoms with van der Waals surface area (Å²) in [4.78, 5) is 22.8. The number of hydrogen-bond donors (Lipinski definition) is 2. The lowest BCUT2D eigenvalue weighted by Gasteiger charge is -2.13. The number of carbonyl (C=O) groups excluding carboxylic acids is 1. The normalized spacial score (nSPS) is 13.5. The summed E-state index contributed by atoms with van der Waals surface area (Å²) >= 11 is 1.05. The van der Waals surface area contributed by atoms with E-state index in [1.165, 1.54) is 7.11 Å². The molecule has 0 bridgehead atoms. The Bertz CT molecular complexity index is 596. The first kappa shape index (κ1) is 13.4. The van der Waals surface area contributed by atoms with Crippen molar-refractivity contribution in [1.29, 1.82) is 0 Å². The summed E-state index contributed by atoms with van der Waals surface area (Å²) in [6.45, 7) is -0.0957. The van der Waals surface area contributed by atoms with Crippen LogP contribution in [0.15, 0.2) is 26.9 Å². The van der Waals surface area contributed by atoms with Crippen LogP contribution in [-0.2, 0) is 20.9 Å². The minimum absolute atomic E-state index is 0.0957. The number of hydrogen-bond acceptors (Lipinski definition) is 5. The molecule has 0 spiro atoms. The molecular formula is C11H11N3O4S. The summed E-state index contributed by atoms with van der Waals surface area (Å²) in [5, 5.41) is 11.3. The predicted octanol–water partition coefficient (Wildman–Crippen LogP) is 1.24. The number of fused-ring (bicyclic) bond motifs is 1. The van der Waals surface area contributed by atoms with Crippen molar-refractivity contribution < 1.29 is 19.4 Å². The molecule has 2 rings (SSSR count). The molecule has 1 aliphatic heterocycles. The lowest BCUT2D eigenvalue weighted by molar-refractivity contribution is -0.140. The van der Waals surface area contributed by atoms with Crippen LogP contribution < -0.4 is 5.32 Å². The zero-order valence-electron chi connectivity index (χ0n) is 9.99. The molecule has 1 aliphatic rings. The summed E-state index contributed by atoms with van der Waals surface area (Å²) in [6.07, 6.45) is 0. The number of aliphatic carboxylic acids is 1. The number of benzene rings is 1. The van der Waals surface area contributed by atoms with Gasteiger partial charge in [-0.05, 0) is 18.2 Å². The third-order valence-corrected chi connectivity index (χ3v) is 3.01. The van der Waals surface area contributed by atoms with Crippen LogP contribution in [0.3, 0.4) is 0 Å². The third-order valence-electron chi connectivity index (χ3n) is 2.45. The van der Waals surface area contributed by atoms with Crippen LogP contribution >= 0.6 is 0 Å². The highest BCUT2D eigenvalue weighted by Crippen LogP contribution is 2.31. The Kier molecular flexibility index (Phi) is 4.03. The summed E-state index contributed by atoms with van der Waals surface area (Å²) in [6, 6.07) is 3.73. The molecule has 0 aromatic heterocycles. The first-order valence-electron chi connectivity index (χ1n) is 5.36. The van der Waals surface area contributed by atoms with Crippen LogP contribution in [0.1, 0.15) is 10.4 Å². The summed E-state index contributed by atoms with van der Waals surface area (Å²) < 4.78 is 12.8. The standard InChI is InChI=1S/C11H11N3O4S/c1-18-5-9(11(16)17)12-10(15)6-2-3-7-8(4-6)14-19-13-7/h2-4,9H,5H2,1H3,(H,12,15)(H,16,17). The number of carboxylic acids is 1. The summed E-state index contributed by atoms with van der Waals surface area (Å²) in [5.41, 5.74) is 1.65. The molecule has 19 heavy (non-hydrogen) atoms. The van der Waals surface area contributed by atoms with Crippen molar-refractivity contribution in [1.82, 2.24) is 5.32 Å². The average molecular weight is 281 g/mol. The van der Waals surface area contributed by atoms with Gasteiger partial charge >= 0.3 is 5.97 Å². The van der Waals surface area contributed by atoms with Gasteiger partial charge < -0.3 is 15.2 Å². The van der Waals surface area contributed by atoms with E-state index in [0.717, 1.165) is 11.4 Å². The molecule has 0 saturated carbocycles. The maximum atomic E-state index is 11.9. The van der Waals surface area contributed by atoms with Crippen LogP contribution in [0.5, 0.6) is 0 Å². The van der Waals surface area contributed by atoms with Crippen molar-refractivity contribution in [3.8, 4) is 0 Å². The van der Waals surface area contributed by atoms with Crippen molar-refractivity contribution in [2.24, 2.45) is 8.73 Å². The van der Waals surface area contributed by atoms with E-state index in [9.17, 15) is 9.59 Å². The van der Waals surface area contributed by atoms with Crippen molar-refractivity contribution >= 4 is 34.6 Å². The van der Waals surface area contributed by atoms with E-state index < -0.39 is 17.9 Å². The molecule has 100 valence electrons. The van der Waals surface area contributed by atoms with Crippen LogP contribution in [0.2, 0.25) is 0 Å². The van der Waals surface area contributed by atoms with Gasteiger partial charge in [0.25, 0.3) is 5.91 Å². The molecule has 2 N–H and O–H groups in total. The minimum atomic E-state index is -1.15. The van der Waals surface area contributed by atoms with Gasteiger partial charge in [-0.2, -0.15) is 8.73 Å². The van der Waals surface area contributed by atoms with E-state index in [-0.39, 0.29) is 6.61 Å². The van der Waals surface area contributed by atoms with Gasteiger partial charge in [0.1, 0.15) is 11.4 Å². The Hall–Kier alpha value is -2.06. The molecule has 0 saturated heterocycles. The quantitative estimate of drug-likeness (QED) is 0.861.